The second-order valence-corrected chi connectivity index (χ2v) is 6.79. The van der Waals surface area contributed by atoms with Crippen molar-refractivity contribution in [1.29, 1.82) is 0 Å². The normalized spacial score (nSPS) is 14.0. The zero-order valence-electron chi connectivity index (χ0n) is 17.3. The van der Waals surface area contributed by atoms with Crippen LogP contribution in [-0.2, 0) is 4.79 Å². The summed E-state index contributed by atoms with van der Waals surface area (Å²) in [5, 5.41) is 6.72. The molecule has 1 heterocycles. The van der Waals surface area contributed by atoms with Crippen LogP contribution in [0.1, 0.15) is 39.5 Å². The van der Waals surface area contributed by atoms with Gasteiger partial charge in [-0.25, -0.2) is 0 Å². The maximum atomic E-state index is 11.6. The van der Waals surface area contributed by atoms with E-state index in [-0.39, 0.29) is 24.0 Å². The molecule has 158 valence electrons. The number of rotatable bonds is 11. The molecule has 1 amide bonds. The van der Waals surface area contributed by atoms with Crippen molar-refractivity contribution < 1.29 is 4.79 Å². The van der Waals surface area contributed by atoms with Gasteiger partial charge in [-0.3, -0.25) is 9.79 Å². The van der Waals surface area contributed by atoms with E-state index in [9.17, 15) is 4.79 Å². The lowest BCUT2D eigenvalue weighted by Crippen LogP contribution is -2.39. The Hall–Kier alpha value is -1.51. The minimum atomic E-state index is 0. The first kappa shape index (κ1) is 24.5. The van der Waals surface area contributed by atoms with Crippen LogP contribution in [0.5, 0.6) is 0 Å². The molecule has 0 spiro atoms. The van der Waals surface area contributed by atoms with Crippen molar-refractivity contribution in [2.24, 2.45) is 4.99 Å². The molecule has 0 radical (unpaired) electrons. The Morgan fingerprint density at radius 1 is 1.18 bits per heavy atom. The highest BCUT2D eigenvalue weighted by Gasteiger charge is 2.18. The van der Waals surface area contributed by atoms with E-state index >= 15 is 0 Å². The number of benzene rings is 1. The molecule has 1 aromatic carbocycles. The molecule has 1 fully saturated rings. The Bertz CT molecular complexity index is 581. The van der Waals surface area contributed by atoms with Crippen molar-refractivity contribution in [3.63, 3.8) is 0 Å². The number of carbonyl (C=O) groups excluding carboxylic acids is 1. The van der Waals surface area contributed by atoms with Gasteiger partial charge in [-0.1, -0.05) is 18.2 Å². The van der Waals surface area contributed by atoms with Crippen LogP contribution in [0.25, 0.3) is 0 Å². The van der Waals surface area contributed by atoms with E-state index < -0.39 is 0 Å². The summed E-state index contributed by atoms with van der Waals surface area (Å²) in [7, 11) is 0. The van der Waals surface area contributed by atoms with Crippen molar-refractivity contribution in [2.75, 3.05) is 50.7 Å². The molecule has 0 bridgehead atoms. The highest BCUT2D eigenvalue weighted by Crippen LogP contribution is 2.12. The number of nitrogens with one attached hydrogen (secondary N) is 2. The van der Waals surface area contributed by atoms with Crippen LogP contribution < -0.4 is 15.5 Å². The van der Waals surface area contributed by atoms with E-state index in [1.807, 2.05) is 4.90 Å². The average molecular weight is 501 g/mol. The number of amides is 1. The van der Waals surface area contributed by atoms with Gasteiger partial charge in [-0.15, -0.1) is 24.0 Å². The van der Waals surface area contributed by atoms with Gasteiger partial charge in [0, 0.05) is 57.9 Å². The molecule has 6 nitrogen and oxygen atoms in total. The topological polar surface area (TPSA) is 60.0 Å². The molecule has 1 saturated heterocycles. The fourth-order valence-corrected chi connectivity index (χ4v) is 3.32. The lowest BCUT2D eigenvalue weighted by molar-refractivity contribution is -0.127. The number of carbonyl (C=O) groups is 1. The van der Waals surface area contributed by atoms with E-state index in [0.717, 1.165) is 71.0 Å². The molecule has 2 rings (SSSR count). The second kappa shape index (κ2) is 14.5. The zero-order valence-corrected chi connectivity index (χ0v) is 19.7. The van der Waals surface area contributed by atoms with Crippen LogP contribution in [0.4, 0.5) is 5.69 Å². The second-order valence-electron chi connectivity index (χ2n) is 6.79. The summed E-state index contributed by atoms with van der Waals surface area (Å²) in [6.45, 7) is 10.5. The highest BCUT2D eigenvalue weighted by molar-refractivity contribution is 14.0. The summed E-state index contributed by atoms with van der Waals surface area (Å²) in [5.74, 6) is 1.16. The SMILES string of the molecule is CCNC(=NCCCN1CCCC1=O)NCCCN(CC)c1ccccc1.I. The number of halogens is 1. The van der Waals surface area contributed by atoms with Gasteiger partial charge in [-0.2, -0.15) is 0 Å². The van der Waals surface area contributed by atoms with Crippen molar-refractivity contribution >= 4 is 41.5 Å². The van der Waals surface area contributed by atoms with Gasteiger partial charge in [-0.05, 0) is 45.2 Å². The van der Waals surface area contributed by atoms with Crippen molar-refractivity contribution in [2.45, 2.75) is 39.5 Å². The molecular weight excluding hydrogens is 465 g/mol. The lowest BCUT2D eigenvalue weighted by atomic mass is 10.2. The predicted molar refractivity (Wildman–Crippen MR) is 129 cm³/mol. The number of aliphatic imine (C=N–C) groups is 1. The molecule has 0 atom stereocenters. The zero-order chi connectivity index (χ0) is 19.3. The van der Waals surface area contributed by atoms with E-state index in [1.165, 1.54) is 5.69 Å². The smallest absolute Gasteiger partial charge is 0.222 e. The van der Waals surface area contributed by atoms with Crippen LogP contribution in [0.15, 0.2) is 35.3 Å². The number of likely N-dealkylation sites (tertiary alicyclic amines) is 1. The van der Waals surface area contributed by atoms with Crippen LogP contribution in [0, 0.1) is 0 Å². The lowest BCUT2D eigenvalue weighted by Gasteiger charge is -2.23. The first-order valence-electron chi connectivity index (χ1n) is 10.3. The Morgan fingerprint density at radius 3 is 2.61 bits per heavy atom. The summed E-state index contributed by atoms with van der Waals surface area (Å²) in [6, 6.07) is 10.5. The fraction of sp³-hybridized carbons (Fsp3) is 0.619. The third-order valence-corrected chi connectivity index (χ3v) is 4.77. The highest BCUT2D eigenvalue weighted by atomic mass is 127. The van der Waals surface area contributed by atoms with Gasteiger partial charge in [0.25, 0.3) is 0 Å². The van der Waals surface area contributed by atoms with Gasteiger partial charge in [0.1, 0.15) is 0 Å². The fourth-order valence-electron chi connectivity index (χ4n) is 3.32. The van der Waals surface area contributed by atoms with E-state index in [1.54, 1.807) is 0 Å². The third-order valence-electron chi connectivity index (χ3n) is 4.77. The van der Waals surface area contributed by atoms with Crippen LogP contribution in [-0.4, -0.2) is 62.6 Å². The number of para-hydroxylation sites is 1. The number of anilines is 1. The largest absolute Gasteiger partial charge is 0.372 e. The van der Waals surface area contributed by atoms with Crippen molar-refractivity contribution in [1.82, 2.24) is 15.5 Å². The third kappa shape index (κ3) is 8.67. The summed E-state index contributed by atoms with van der Waals surface area (Å²) < 4.78 is 0. The van der Waals surface area contributed by atoms with Crippen LogP contribution >= 0.6 is 24.0 Å². The van der Waals surface area contributed by atoms with E-state index in [4.69, 9.17) is 0 Å². The van der Waals surface area contributed by atoms with Crippen molar-refractivity contribution in [3.8, 4) is 0 Å². The maximum Gasteiger partial charge on any atom is 0.222 e. The number of guanidine groups is 1. The molecule has 28 heavy (non-hydrogen) atoms. The summed E-state index contributed by atoms with van der Waals surface area (Å²) in [6.07, 6.45) is 3.69. The minimum absolute atomic E-state index is 0. The Morgan fingerprint density at radius 2 is 1.96 bits per heavy atom. The molecule has 0 saturated carbocycles. The first-order valence-corrected chi connectivity index (χ1v) is 10.3. The molecule has 2 N–H and O–H groups in total. The molecular formula is C21H36IN5O. The van der Waals surface area contributed by atoms with Crippen LogP contribution in [0.2, 0.25) is 0 Å². The van der Waals surface area contributed by atoms with E-state index in [2.05, 4.69) is 64.7 Å². The number of hydrogen-bond acceptors (Lipinski definition) is 3. The summed E-state index contributed by atoms with van der Waals surface area (Å²) >= 11 is 0. The standard InChI is InChI=1S/C21H35N5O.HI/c1-3-22-21(24-15-10-18-26-16-8-13-20(26)27)23-14-9-17-25(4-2)19-11-6-5-7-12-19;/h5-7,11-12H,3-4,8-10,13-18H2,1-2H3,(H2,22,23,24);1H. The minimum Gasteiger partial charge on any atom is -0.372 e. The molecule has 7 heteroatoms. The predicted octanol–water partition coefficient (Wildman–Crippen LogP) is 3.09. The molecule has 0 unspecified atom stereocenters. The van der Waals surface area contributed by atoms with Gasteiger partial charge < -0.3 is 20.4 Å². The summed E-state index contributed by atoms with van der Waals surface area (Å²) in [4.78, 5) is 20.6. The summed E-state index contributed by atoms with van der Waals surface area (Å²) in [5.41, 5.74) is 1.28. The number of hydrogen-bond donors (Lipinski definition) is 2. The molecule has 0 aliphatic carbocycles. The van der Waals surface area contributed by atoms with Crippen LogP contribution in [0.3, 0.4) is 0 Å². The Labute approximate surface area is 187 Å². The Balaban J connectivity index is 0.00000392. The first-order chi connectivity index (χ1) is 13.2. The van der Waals surface area contributed by atoms with Gasteiger partial charge in [0.15, 0.2) is 5.96 Å². The van der Waals surface area contributed by atoms with E-state index in [0.29, 0.717) is 12.3 Å². The quantitative estimate of drug-likeness (QED) is 0.212. The monoisotopic (exact) mass is 501 g/mol. The molecule has 1 aliphatic rings. The maximum absolute atomic E-state index is 11.6. The number of nitrogens with zero attached hydrogens (tertiary/aromatic N) is 3. The van der Waals surface area contributed by atoms with Gasteiger partial charge >= 0.3 is 0 Å². The molecule has 0 aromatic heterocycles. The van der Waals surface area contributed by atoms with Gasteiger partial charge in [0.05, 0.1) is 0 Å². The van der Waals surface area contributed by atoms with Crippen molar-refractivity contribution in [3.05, 3.63) is 30.3 Å². The van der Waals surface area contributed by atoms with Gasteiger partial charge in [0.2, 0.25) is 5.91 Å². The molecule has 1 aliphatic heterocycles. The molecule has 1 aromatic rings. The average Bonchev–Trinajstić information content (AvgIpc) is 3.10. The Kier molecular flexibility index (Phi) is 12.7.